The Kier molecular flexibility index (Phi) is 5.86. The quantitative estimate of drug-likeness (QED) is 0.357. The van der Waals surface area contributed by atoms with Crippen molar-refractivity contribution in [2.24, 2.45) is 0 Å². The zero-order valence-electron chi connectivity index (χ0n) is 19.8. The number of para-hydroxylation sites is 1. The molecule has 0 radical (unpaired) electrons. The molecule has 0 spiro atoms. The monoisotopic (exact) mass is 482 g/mol. The number of nitrogens with one attached hydrogen (secondary N) is 1. The molecule has 2 atom stereocenters. The maximum atomic E-state index is 11.7. The predicted octanol–water partition coefficient (Wildman–Crippen LogP) is 5.67. The zero-order chi connectivity index (χ0) is 24.7. The topological polar surface area (TPSA) is 70.4 Å². The van der Waals surface area contributed by atoms with Gasteiger partial charge in [-0.05, 0) is 86.6 Å². The lowest BCUT2D eigenvalue weighted by Crippen LogP contribution is -2.29. The molecule has 5 rings (SSSR count). The number of aromatic carboxylic acids is 1. The van der Waals surface area contributed by atoms with E-state index in [2.05, 4.69) is 44.9 Å². The summed E-state index contributed by atoms with van der Waals surface area (Å²) in [6.45, 7) is 6.13. The molecule has 0 bridgehead atoms. The summed E-state index contributed by atoms with van der Waals surface area (Å²) < 4.78 is 2.14. The SMILES string of the molecule is Cc1ccc(C(=O)O)cc1-n1c(C)cc(C2C(c3ccccn3)NC(=S)N2c2ccccc2)c1C. The number of hydrogen-bond acceptors (Lipinski definition) is 3. The fourth-order valence-corrected chi connectivity index (χ4v) is 5.32. The molecule has 0 amide bonds. The molecule has 2 N–H and O–H groups in total. The minimum Gasteiger partial charge on any atom is -0.478 e. The van der Waals surface area contributed by atoms with Crippen molar-refractivity contribution in [2.75, 3.05) is 4.90 Å². The van der Waals surface area contributed by atoms with Gasteiger partial charge in [0.05, 0.1) is 23.3 Å². The van der Waals surface area contributed by atoms with Crippen molar-refractivity contribution in [1.82, 2.24) is 14.9 Å². The Morgan fingerprint density at radius 1 is 1.00 bits per heavy atom. The Morgan fingerprint density at radius 3 is 2.43 bits per heavy atom. The molecule has 0 saturated carbocycles. The number of benzene rings is 2. The molecule has 4 aromatic rings. The Labute approximate surface area is 209 Å². The van der Waals surface area contributed by atoms with E-state index in [-0.39, 0.29) is 17.6 Å². The van der Waals surface area contributed by atoms with Crippen molar-refractivity contribution in [3.05, 3.63) is 113 Å². The molecule has 1 fully saturated rings. The van der Waals surface area contributed by atoms with Gasteiger partial charge in [-0.1, -0.05) is 30.3 Å². The molecule has 0 aliphatic carbocycles. The highest BCUT2D eigenvalue weighted by Crippen LogP contribution is 2.43. The second-order valence-electron chi connectivity index (χ2n) is 8.80. The molecule has 176 valence electrons. The summed E-state index contributed by atoms with van der Waals surface area (Å²) in [7, 11) is 0. The molecule has 7 heteroatoms. The second kappa shape index (κ2) is 9.00. The molecule has 6 nitrogen and oxygen atoms in total. The number of carbonyl (C=O) groups is 1. The van der Waals surface area contributed by atoms with E-state index in [9.17, 15) is 9.90 Å². The van der Waals surface area contributed by atoms with Crippen LogP contribution in [0.1, 0.15) is 50.7 Å². The number of aromatic nitrogens is 2. The maximum Gasteiger partial charge on any atom is 0.335 e. The van der Waals surface area contributed by atoms with Crippen molar-refractivity contribution in [3.8, 4) is 5.69 Å². The molecule has 3 heterocycles. The van der Waals surface area contributed by atoms with Crippen LogP contribution in [0.15, 0.2) is 79.0 Å². The summed E-state index contributed by atoms with van der Waals surface area (Å²) in [4.78, 5) is 18.5. The van der Waals surface area contributed by atoms with E-state index in [0.29, 0.717) is 5.11 Å². The first kappa shape index (κ1) is 22.8. The number of carboxylic acids is 1. The van der Waals surface area contributed by atoms with Crippen LogP contribution in [0, 0.1) is 20.8 Å². The van der Waals surface area contributed by atoms with Crippen LogP contribution in [0.2, 0.25) is 0 Å². The lowest BCUT2D eigenvalue weighted by atomic mass is 9.96. The first-order valence-corrected chi connectivity index (χ1v) is 11.9. The summed E-state index contributed by atoms with van der Waals surface area (Å²) in [6, 6.07) is 23.2. The number of aryl methyl sites for hydroxylation is 2. The zero-order valence-corrected chi connectivity index (χ0v) is 20.6. The smallest absolute Gasteiger partial charge is 0.335 e. The van der Waals surface area contributed by atoms with Crippen LogP contribution in [0.5, 0.6) is 0 Å². The number of thiocarbonyl (C=S) groups is 1. The second-order valence-corrected chi connectivity index (χ2v) is 9.19. The number of rotatable bonds is 5. The van der Waals surface area contributed by atoms with Gasteiger partial charge in [-0.15, -0.1) is 0 Å². The molecule has 1 aliphatic heterocycles. The average molecular weight is 483 g/mol. The van der Waals surface area contributed by atoms with E-state index >= 15 is 0 Å². The highest BCUT2D eigenvalue weighted by atomic mass is 32.1. The fourth-order valence-electron chi connectivity index (χ4n) is 4.98. The molecule has 2 aromatic carbocycles. The van der Waals surface area contributed by atoms with Gasteiger partial charge >= 0.3 is 5.97 Å². The normalized spacial score (nSPS) is 17.5. The van der Waals surface area contributed by atoms with E-state index in [4.69, 9.17) is 12.2 Å². The Bertz CT molecular complexity index is 1420. The van der Waals surface area contributed by atoms with Crippen molar-refractivity contribution in [1.29, 1.82) is 0 Å². The van der Waals surface area contributed by atoms with E-state index in [0.717, 1.165) is 39.6 Å². The van der Waals surface area contributed by atoms with Gasteiger partial charge in [0.25, 0.3) is 0 Å². The van der Waals surface area contributed by atoms with E-state index in [1.165, 1.54) is 0 Å². The summed E-state index contributed by atoms with van der Waals surface area (Å²) in [6.07, 6.45) is 1.80. The summed E-state index contributed by atoms with van der Waals surface area (Å²) in [5.74, 6) is -0.940. The molecule has 2 unspecified atom stereocenters. The minimum atomic E-state index is -0.940. The predicted molar refractivity (Wildman–Crippen MR) is 141 cm³/mol. The largest absolute Gasteiger partial charge is 0.478 e. The first-order chi connectivity index (χ1) is 16.9. The lowest BCUT2D eigenvalue weighted by molar-refractivity contribution is 0.0697. The van der Waals surface area contributed by atoms with Gasteiger partial charge < -0.3 is 19.9 Å². The van der Waals surface area contributed by atoms with Crippen LogP contribution in [0.3, 0.4) is 0 Å². The molecule has 2 aromatic heterocycles. The van der Waals surface area contributed by atoms with Gasteiger partial charge in [-0.25, -0.2) is 4.79 Å². The standard InChI is InChI=1S/C28H26N4O2S/c1-17-12-13-20(27(33)34)16-24(17)31-18(2)15-22(19(31)3)26-25(23-11-7-8-14-29-23)30-28(35)32(26)21-9-5-4-6-10-21/h4-16,25-26H,1-3H3,(H,30,35)(H,33,34). The third-order valence-corrected chi connectivity index (χ3v) is 6.93. The average Bonchev–Trinajstić information content (AvgIpc) is 3.35. The number of nitrogens with zero attached hydrogens (tertiary/aromatic N) is 3. The fraction of sp³-hybridized carbons (Fsp3) is 0.179. The highest BCUT2D eigenvalue weighted by Gasteiger charge is 2.42. The van der Waals surface area contributed by atoms with Crippen LogP contribution in [0.4, 0.5) is 5.69 Å². The summed E-state index contributed by atoms with van der Waals surface area (Å²) in [5, 5.41) is 13.7. The van der Waals surface area contributed by atoms with Gasteiger partial charge in [0.1, 0.15) is 0 Å². The van der Waals surface area contributed by atoms with Gasteiger partial charge in [0, 0.05) is 29.0 Å². The van der Waals surface area contributed by atoms with Crippen molar-refractivity contribution >= 4 is 29.0 Å². The molecular weight excluding hydrogens is 456 g/mol. The summed E-state index contributed by atoms with van der Waals surface area (Å²) in [5.41, 5.74) is 7.20. The lowest BCUT2D eigenvalue weighted by Gasteiger charge is -2.28. The van der Waals surface area contributed by atoms with Crippen LogP contribution < -0.4 is 10.2 Å². The van der Waals surface area contributed by atoms with Gasteiger partial charge in [0.2, 0.25) is 0 Å². The first-order valence-electron chi connectivity index (χ1n) is 11.5. The van der Waals surface area contributed by atoms with Crippen LogP contribution in [-0.2, 0) is 0 Å². The van der Waals surface area contributed by atoms with E-state index in [1.807, 2.05) is 56.3 Å². The van der Waals surface area contributed by atoms with Crippen LogP contribution >= 0.6 is 12.2 Å². The van der Waals surface area contributed by atoms with Gasteiger partial charge in [-0.3, -0.25) is 4.98 Å². The Hall–Kier alpha value is -3.97. The van der Waals surface area contributed by atoms with Gasteiger partial charge in [-0.2, -0.15) is 0 Å². The van der Waals surface area contributed by atoms with Crippen molar-refractivity contribution in [3.63, 3.8) is 0 Å². The van der Waals surface area contributed by atoms with Crippen molar-refractivity contribution in [2.45, 2.75) is 32.9 Å². The molecule has 35 heavy (non-hydrogen) atoms. The van der Waals surface area contributed by atoms with Crippen LogP contribution in [0.25, 0.3) is 5.69 Å². The van der Waals surface area contributed by atoms with Gasteiger partial charge in [0.15, 0.2) is 5.11 Å². The van der Waals surface area contributed by atoms with E-state index in [1.54, 1.807) is 18.3 Å². The third kappa shape index (κ3) is 3.98. The molecule has 1 aliphatic rings. The number of anilines is 1. The Morgan fingerprint density at radius 2 is 1.74 bits per heavy atom. The Balaban J connectivity index is 1.70. The van der Waals surface area contributed by atoms with Crippen molar-refractivity contribution < 1.29 is 9.90 Å². The number of carboxylic acid groups (broad SMARTS) is 1. The number of pyridine rings is 1. The van der Waals surface area contributed by atoms with E-state index < -0.39 is 5.97 Å². The highest BCUT2D eigenvalue weighted by molar-refractivity contribution is 7.80. The third-order valence-electron chi connectivity index (χ3n) is 6.62. The van der Waals surface area contributed by atoms with Crippen LogP contribution in [-0.4, -0.2) is 25.7 Å². The molecule has 1 saturated heterocycles. The molecular formula is C28H26N4O2S. The maximum absolute atomic E-state index is 11.7. The minimum absolute atomic E-state index is 0.136. The summed E-state index contributed by atoms with van der Waals surface area (Å²) >= 11 is 5.83. The number of hydrogen-bond donors (Lipinski definition) is 2.